The monoisotopic (exact) mass is 821 g/mol. The van der Waals surface area contributed by atoms with Crippen molar-refractivity contribution in [2.45, 2.75) is 0 Å². The fraction of sp³-hybridized carbons (Fsp3) is 0.0455. The SMILES string of the molecule is Nc1ncc(-c2cc(F)cc(C(=O)NCCNC(=O)c3ccc(-c4c5ccc(=O)cc-5oc5cc(O)ccc45)c(C(=O)O)c3)c2)c2scc(-c3ccc4scnc4c3)c12. The fourth-order valence-corrected chi connectivity index (χ4v) is 8.95. The molecule has 4 aromatic carbocycles. The van der Waals surface area contributed by atoms with Crippen LogP contribution in [0.4, 0.5) is 10.2 Å². The second-order valence-corrected chi connectivity index (χ2v) is 15.3. The van der Waals surface area contributed by atoms with Gasteiger partial charge in [0.15, 0.2) is 5.43 Å². The molecule has 0 atom stereocenters. The number of hydrogen-bond acceptors (Lipinski definition) is 11. The number of hydrogen-bond donors (Lipinski definition) is 5. The van der Waals surface area contributed by atoms with E-state index in [-0.39, 0.29) is 57.9 Å². The van der Waals surface area contributed by atoms with E-state index in [1.807, 2.05) is 23.6 Å². The second kappa shape index (κ2) is 14.8. The zero-order valence-corrected chi connectivity index (χ0v) is 32.0. The van der Waals surface area contributed by atoms with Crippen LogP contribution in [0.3, 0.4) is 0 Å². The number of carbonyl (C=O) groups excluding carboxylic acids is 2. The summed E-state index contributed by atoms with van der Waals surface area (Å²) in [6.07, 6.45) is 1.56. The van der Waals surface area contributed by atoms with Crippen LogP contribution in [0.25, 0.3) is 76.0 Å². The first-order valence-electron chi connectivity index (χ1n) is 18.0. The molecule has 0 bridgehead atoms. The first-order chi connectivity index (χ1) is 28.5. The Bertz CT molecular complexity index is 3230. The first kappa shape index (κ1) is 37.1. The molecule has 1 aliphatic carbocycles. The van der Waals surface area contributed by atoms with Crippen LogP contribution < -0.4 is 21.8 Å². The Labute approximate surface area is 340 Å². The lowest BCUT2D eigenvalue weighted by molar-refractivity contribution is 0.0697. The van der Waals surface area contributed by atoms with Crippen molar-refractivity contribution in [3.63, 3.8) is 0 Å². The molecule has 2 aliphatic rings. The Balaban J connectivity index is 0.917. The average Bonchev–Trinajstić information content (AvgIpc) is 3.89. The van der Waals surface area contributed by atoms with Gasteiger partial charge in [0.25, 0.3) is 11.8 Å². The molecule has 0 saturated heterocycles. The average molecular weight is 822 g/mol. The number of nitrogens with zero attached hydrogens (tertiary/aromatic N) is 2. The van der Waals surface area contributed by atoms with Gasteiger partial charge < -0.3 is 31.0 Å². The number of anilines is 1. The summed E-state index contributed by atoms with van der Waals surface area (Å²) in [5.74, 6) is -2.68. The maximum Gasteiger partial charge on any atom is 0.336 e. The van der Waals surface area contributed by atoms with Crippen molar-refractivity contribution in [3.8, 4) is 50.5 Å². The van der Waals surface area contributed by atoms with Crippen LogP contribution in [0, 0.1) is 5.82 Å². The number of carboxylic acid groups (broad SMARTS) is 1. The number of halogens is 1. The summed E-state index contributed by atoms with van der Waals surface area (Å²) in [5, 5.41) is 28.9. The zero-order chi connectivity index (χ0) is 40.9. The van der Waals surface area contributed by atoms with Gasteiger partial charge in [-0.3, -0.25) is 14.4 Å². The highest BCUT2D eigenvalue weighted by molar-refractivity contribution is 7.18. The molecule has 3 aromatic heterocycles. The zero-order valence-electron chi connectivity index (χ0n) is 30.4. The minimum atomic E-state index is -1.30. The maximum atomic E-state index is 15.1. The summed E-state index contributed by atoms with van der Waals surface area (Å²) < 4.78 is 22.8. The van der Waals surface area contributed by atoms with Gasteiger partial charge in [-0.25, -0.2) is 19.2 Å². The molecule has 59 heavy (non-hydrogen) atoms. The number of phenols is 1. The van der Waals surface area contributed by atoms with Crippen LogP contribution in [-0.4, -0.2) is 51.1 Å². The van der Waals surface area contributed by atoms with Gasteiger partial charge in [-0.15, -0.1) is 22.7 Å². The molecule has 2 amide bonds. The minimum Gasteiger partial charge on any atom is -0.508 e. The smallest absolute Gasteiger partial charge is 0.336 e. The Kier molecular flexibility index (Phi) is 9.30. The molecule has 7 aromatic rings. The molecule has 0 unspecified atom stereocenters. The van der Waals surface area contributed by atoms with E-state index in [1.165, 1.54) is 65.9 Å². The number of nitrogens with one attached hydrogen (secondary N) is 2. The van der Waals surface area contributed by atoms with Crippen molar-refractivity contribution < 1.29 is 33.4 Å². The third-order valence-corrected chi connectivity index (χ3v) is 11.7. The van der Waals surface area contributed by atoms with Gasteiger partial charge in [0.2, 0.25) is 0 Å². The fourth-order valence-electron chi connectivity index (χ4n) is 7.17. The largest absolute Gasteiger partial charge is 0.508 e. The van der Waals surface area contributed by atoms with E-state index < -0.39 is 23.6 Å². The number of aromatic carboxylic acids is 1. The van der Waals surface area contributed by atoms with E-state index in [1.54, 1.807) is 35.2 Å². The molecular weight excluding hydrogens is 794 g/mol. The van der Waals surface area contributed by atoms with Gasteiger partial charge in [0.1, 0.15) is 28.7 Å². The highest BCUT2D eigenvalue weighted by atomic mass is 32.1. The second-order valence-electron chi connectivity index (χ2n) is 13.6. The number of benzene rings is 5. The molecule has 0 radical (unpaired) electrons. The van der Waals surface area contributed by atoms with Crippen molar-refractivity contribution >= 4 is 77.5 Å². The number of thiazole rings is 1. The van der Waals surface area contributed by atoms with E-state index >= 15 is 4.39 Å². The van der Waals surface area contributed by atoms with Crippen molar-refractivity contribution in [1.29, 1.82) is 0 Å². The number of aromatic hydroxyl groups is 1. The van der Waals surface area contributed by atoms with Crippen molar-refractivity contribution in [2.75, 3.05) is 18.8 Å². The number of phenolic OH excluding ortho intramolecular Hbond substituents is 1. The molecule has 0 saturated carbocycles. The van der Waals surface area contributed by atoms with Crippen LogP contribution in [0.2, 0.25) is 0 Å². The predicted octanol–water partition coefficient (Wildman–Crippen LogP) is 8.40. The predicted molar refractivity (Wildman–Crippen MR) is 226 cm³/mol. The Morgan fingerprint density at radius 1 is 0.780 bits per heavy atom. The number of amides is 2. The minimum absolute atomic E-state index is 0.0222. The number of carbonyl (C=O) groups is 3. The molecule has 0 spiro atoms. The summed E-state index contributed by atoms with van der Waals surface area (Å²) in [7, 11) is 0. The number of nitrogens with two attached hydrogens (primary N) is 1. The molecule has 1 aliphatic heterocycles. The molecule has 290 valence electrons. The summed E-state index contributed by atoms with van der Waals surface area (Å²) in [6.45, 7) is -0.0494. The van der Waals surface area contributed by atoms with Gasteiger partial charge in [-0.1, -0.05) is 12.1 Å². The molecule has 12 nitrogen and oxygen atoms in total. The van der Waals surface area contributed by atoms with Crippen LogP contribution in [-0.2, 0) is 0 Å². The third kappa shape index (κ3) is 6.87. The Morgan fingerprint density at radius 3 is 2.39 bits per heavy atom. The Hall–Kier alpha value is -7.49. The van der Waals surface area contributed by atoms with E-state index in [0.29, 0.717) is 33.5 Å². The Morgan fingerprint density at radius 2 is 1.58 bits per heavy atom. The number of pyridine rings is 1. The van der Waals surface area contributed by atoms with Gasteiger partial charge in [0, 0.05) is 80.3 Å². The van der Waals surface area contributed by atoms with Crippen molar-refractivity contribution in [1.82, 2.24) is 20.6 Å². The lowest BCUT2D eigenvalue weighted by Gasteiger charge is -2.17. The van der Waals surface area contributed by atoms with E-state index in [0.717, 1.165) is 37.5 Å². The number of rotatable bonds is 9. The maximum absolute atomic E-state index is 15.1. The standard InChI is InChI=1S/C44H28FN5O7S2/c45-25-12-23(32-18-49-41(46)39-33(19-58-40(32)39)21-2-8-37-34(15-21)50-20-59-37)11-24(13-25)43(54)48-10-9-47-42(53)22-1-5-28(31(14-22)44(55)56)38-29-6-3-26(51)16-35(29)57-36-17-27(52)4-7-30(36)38/h1-8,11-20,51H,9-10H2,(H2,46,49)(H,47,53)(H,48,54)(H,55,56). The van der Waals surface area contributed by atoms with Crippen LogP contribution in [0.15, 0.2) is 117 Å². The highest BCUT2D eigenvalue weighted by Gasteiger charge is 2.24. The van der Waals surface area contributed by atoms with Gasteiger partial charge >= 0.3 is 5.97 Å². The van der Waals surface area contributed by atoms with Gasteiger partial charge in [-0.05, 0) is 88.8 Å². The van der Waals surface area contributed by atoms with Crippen molar-refractivity contribution in [3.05, 3.63) is 141 Å². The summed E-state index contributed by atoms with van der Waals surface area (Å²) >= 11 is 2.99. The van der Waals surface area contributed by atoms with Crippen LogP contribution in [0.1, 0.15) is 31.1 Å². The normalized spacial score (nSPS) is 11.4. The first-order valence-corrected chi connectivity index (χ1v) is 19.7. The number of aromatic nitrogens is 2. The number of fused-ring (bicyclic) bond motifs is 4. The molecular formula is C44H28FN5O7S2. The summed E-state index contributed by atoms with van der Waals surface area (Å²) in [6, 6.07) is 22.7. The van der Waals surface area contributed by atoms with E-state index in [4.69, 9.17) is 10.2 Å². The van der Waals surface area contributed by atoms with E-state index in [2.05, 4.69) is 20.6 Å². The van der Waals surface area contributed by atoms with Crippen LogP contribution >= 0.6 is 22.7 Å². The van der Waals surface area contributed by atoms with E-state index in [9.17, 15) is 29.4 Å². The molecule has 15 heteroatoms. The summed E-state index contributed by atoms with van der Waals surface area (Å²) in [5.41, 5.74) is 12.8. The number of nitrogen functional groups attached to an aromatic ring is 1. The number of thiophene rings is 1. The third-order valence-electron chi connectivity index (χ3n) is 9.89. The molecule has 4 heterocycles. The molecule has 0 fully saturated rings. The lowest BCUT2D eigenvalue weighted by Crippen LogP contribution is -2.34. The summed E-state index contributed by atoms with van der Waals surface area (Å²) in [4.78, 5) is 60.1. The van der Waals surface area contributed by atoms with Crippen molar-refractivity contribution in [2.24, 2.45) is 0 Å². The topological polar surface area (TPSA) is 198 Å². The highest BCUT2D eigenvalue weighted by Crippen LogP contribution is 2.44. The van der Waals surface area contributed by atoms with Gasteiger partial charge in [-0.2, -0.15) is 0 Å². The lowest BCUT2D eigenvalue weighted by atomic mass is 9.90. The van der Waals surface area contributed by atoms with Gasteiger partial charge in [0.05, 0.1) is 21.3 Å². The molecule has 6 N–H and O–H groups in total. The van der Waals surface area contributed by atoms with Crippen LogP contribution in [0.5, 0.6) is 5.75 Å². The number of carboxylic acids is 1. The quantitative estimate of drug-likeness (QED) is 0.0696. The molecule has 9 rings (SSSR count).